The topological polar surface area (TPSA) is 85.9 Å². The number of nitrogens with two attached hydrogens (primary N) is 1. The molecule has 2 heterocycles. The SMILES string of the molecule is NC1=NC2(c3cc(NC=O)ccc3F)COCC2(F)CO1. The van der Waals surface area contributed by atoms with Crippen molar-refractivity contribution in [2.45, 2.75) is 11.2 Å². The zero-order valence-electron chi connectivity index (χ0n) is 10.9. The average molecular weight is 297 g/mol. The molecule has 112 valence electrons. The zero-order valence-corrected chi connectivity index (χ0v) is 10.9. The smallest absolute Gasteiger partial charge is 0.283 e. The summed E-state index contributed by atoms with van der Waals surface area (Å²) in [6.45, 7) is -0.795. The summed E-state index contributed by atoms with van der Waals surface area (Å²) in [7, 11) is 0. The first-order valence-electron chi connectivity index (χ1n) is 6.26. The standard InChI is InChI=1S/C13H13F2N3O3/c14-10-2-1-8(17-7-19)3-9(10)13-6-20-4-12(13,15)5-21-11(16)18-13/h1-3,7H,4-6H2,(H2,16,18)(H,17,19). The molecule has 2 aliphatic heterocycles. The number of rotatable bonds is 3. The van der Waals surface area contributed by atoms with Gasteiger partial charge in [0.05, 0.1) is 13.2 Å². The lowest BCUT2D eigenvalue weighted by Crippen LogP contribution is -2.55. The maximum absolute atomic E-state index is 15.1. The highest BCUT2D eigenvalue weighted by Crippen LogP contribution is 2.48. The molecule has 2 unspecified atom stereocenters. The Bertz CT molecular complexity index is 625. The van der Waals surface area contributed by atoms with E-state index in [0.29, 0.717) is 12.1 Å². The van der Waals surface area contributed by atoms with Crippen molar-refractivity contribution in [3.8, 4) is 0 Å². The largest absolute Gasteiger partial charge is 0.462 e. The number of amides is 1. The number of hydrogen-bond acceptors (Lipinski definition) is 5. The molecular formula is C13H13F2N3O3. The number of nitrogens with one attached hydrogen (secondary N) is 1. The Kier molecular flexibility index (Phi) is 3.05. The fraction of sp³-hybridized carbons (Fsp3) is 0.385. The van der Waals surface area contributed by atoms with Gasteiger partial charge in [0.1, 0.15) is 12.4 Å². The van der Waals surface area contributed by atoms with Gasteiger partial charge in [-0.2, -0.15) is 0 Å². The summed E-state index contributed by atoms with van der Waals surface area (Å²) in [6, 6.07) is 3.61. The highest BCUT2D eigenvalue weighted by Gasteiger charge is 2.62. The van der Waals surface area contributed by atoms with E-state index in [1.54, 1.807) is 0 Å². The molecule has 1 amide bonds. The predicted molar refractivity (Wildman–Crippen MR) is 70.0 cm³/mol. The Balaban J connectivity index is 2.18. The number of nitrogens with zero attached hydrogens (tertiary/aromatic N) is 1. The summed E-state index contributed by atoms with van der Waals surface area (Å²) in [6.07, 6.45) is 0.449. The van der Waals surface area contributed by atoms with Gasteiger partial charge in [0, 0.05) is 11.3 Å². The fourth-order valence-electron chi connectivity index (χ4n) is 2.69. The van der Waals surface area contributed by atoms with Gasteiger partial charge in [-0.15, -0.1) is 0 Å². The number of benzene rings is 1. The van der Waals surface area contributed by atoms with Gasteiger partial charge >= 0.3 is 0 Å². The number of carbonyl (C=O) groups excluding carboxylic acids is 1. The number of amidine groups is 1. The predicted octanol–water partition coefficient (Wildman–Crippen LogP) is 0.673. The van der Waals surface area contributed by atoms with Crippen molar-refractivity contribution >= 4 is 18.1 Å². The number of hydrogen-bond donors (Lipinski definition) is 2. The monoisotopic (exact) mass is 297 g/mol. The summed E-state index contributed by atoms with van der Waals surface area (Å²) >= 11 is 0. The van der Waals surface area contributed by atoms with Crippen LogP contribution in [0.2, 0.25) is 0 Å². The van der Waals surface area contributed by atoms with E-state index < -0.39 is 17.0 Å². The molecule has 1 aromatic carbocycles. The minimum atomic E-state index is -2.02. The molecule has 0 aliphatic carbocycles. The minimum absolute atomic E-state index is 0.0272. The number of carbonyl (C=O) groups is 1. The molecular weight excluding hydrogens is 284 g/mol. The van der Waals surface area contributed by atoms with Crippen molar-refractivity contribution in [1.82, 2.24) is 0 Å². The van der Waals surface area contributed by atoms with Gasteiger partial charge in [-0.25, -0.2) is 13.8 Å². The fourth-order valence-corrected chi connectivity index (χ4v) is 2.69. The number of halogens is 2. The van der Waals surface area contributed by atoms with Crippen LogP contribution in [0.3, 0.4) is 0 Å². The molecule has 21 heavy (non-hydrogen) atoms. The maximum atomic E-state index is 15.1. The molecule has 8 heteroatoms. The quantitative estimate of drug-likeness (QED) is 0.803. The van der Waals surface area contributed by atoms with Crippen molar-refractivity contribution in [2.75, 3.05) is 25.1 Å². The van der Waals surface area contributed by atoms with Crippen LogP contribution in [0, 0.1) is 5.82 Å². The Morgan fingerprint density at radius 1 is 1.38 bits per heavy atom. The Labute approximate surface area is 118 Å². The third-order valence-electron chi connectivity index (χ3n) is 3.77. The summed E-state index contributed by atoms with van der Waals surface area (Å²) in [5, 5.41) is 2.39. The molecule has 2 aliphatic rings. The molecule has 0 bridgehead atoms. The summed E-state index contributed by atoms with van der Waals surface area (Å²) < 4.78 is 39.5. The lowest BCUT2D eigenvalue weighted by molar-refractivity contribution is -0.105. The van der Waals surface area contributed by atoms with E-state index in [1.165, 1.54) is 12.1 Å². The highest BCUT2D eigenvalue weighted by molar-refractivity contribution is 5.75. The Hall–Kier alpha value is -2.22. The van der Waals surface area contributed by atoms with Crippen molar-refractivity contribution in [2.24, 2.45) is 10.7 Å². The summed E-state index contributed by atoms with van der Waals surface area (Å²) in [4.78, 5) is 14.5. The van der Waals surface area contributed by atoms with E-state index in [-0.39, 0.29) is 31.4 Å². The van der Waals surface area contributed by atoms with E-state index in [0.717, 1.165) is 6.07 Å². The van der Waals surface area contributed by atoms with Gasteiger partial charge in [0.15, 0.2) is 11.2 Å². The average Bonchev–Trinajstić information content (AvgIpc) is 2.79. The van der Waals surface area contributed by atoms with Crippen LogP contribution >= 0.6 is 0 Å². The molecule has 0 aromatic heterocycles. The molecule has 0 saturated carbocycles. The minimum Gasteiger partial charge on any atom is -0.462 e. The molecule has 1 aromatic rings. The molecule has 3 rings (SSSR count). The van der Waals surface area contributed by atoms with Crippen molar-refractivity contribution in [3.05, 3.63) is 29.6 Å². The molecule has 3 N–H and O–H groups in total. The van der Waals surface area contributed by atoms with Crippen molar-refractivity contribution in [3.63, 3.8) is 0 Å². The first-order chi connectivity index (χ1) is 10.0. The number of anilines is 1. The summed E-state index contributed by atoms with van der Waals surface area (Å²) in [5.41, 5.74) is 2.20. The van der Waals surface area contributed by atoms with Crippen molar-refractivity contribution < 1.29 is 23.0 Å². The van der Waals surface area contributed by atoms with E-state index >= 15 is 4.39 Å². The number of fused-ring (bicyclic) bond motifs is 1. The third kappa shape index (κ3) is 1.94. The van der Waals surface area contributed by atoms with E-state index in [4.69, 9.17) is 15.2 Å². The van der Waals surface area contributed by atoms with E-state index in [1.807, 2.05) is 0 Å². The molecule has 1 saturated heterocycles. The highest BCUT2D eigenvalue weighted by atomic mass is 19.1. The lowest BCUT2D eigenvalue weighted by Gasteiger charge is -2.38. The maximum Gasteiger partial charge on any atom is 0.283 e. The van der Waals surface area contributed by atoms with Crippen LogP contribution in [0.4, 0.5) is 14.5 Å². The lowest BCUT2D eigenvalue weighted by atomic mass is 9.78. The number of alkyl halides is 1. The zero-order chi connectivity index (χ0) is 15.1. The second-order valence-electron chi connectivity index (χ2n) is 5.01. The van der Waals surface area contributed by atoms with Crippen molar-refractivity contribution in [1.29, 1.82) is 0 Å². The van der Waals surface area contributed by atoms with Gasteiger partial charge in [0.25, 0.3) is 6.02 Å². The normalized spacial score (nSPS) is 31.0. The van der Waals surface area contributed by atoms with Gasteiger partial charge < -0.3 is 20.5 Å². The van der Waals surface area contributed by atoms with Crippen LogP contribution in [0.1, 0.15) is 5.56 Å². The molecule has 0 spiro atoms. The van der Waals surface area contributed by atoms with Crippen LogP contribution in [0.25, 0.3) is 0 Å². The van der Waals surface area contributed by atoms with E-state index in [2.05, 4.69) is 10.3 Å². The second kappa shape index (κ2) is 4.66. The van der Waals surface area contributed by atoms with Crippen LogP contribution in [0.5, 0.6) is 0 Å². The van der Waals surface area contributed by atoms with Gasteiger partial charge in [-0.1, -0.05) is 0 Å². The molecule has 0 radical (unpaired) electrons. The number of ether oxygens (including phenoxy) is 2. The van der Waals surface area contributed by atoms with Crippen LogP contribution in [0.15, 0.2) is 23.2 Å². The first-order valence-corrected chi connectivity index (χ1v) is 6.26. The van der Waals surface area contributed by atoms with Gasteiger partial charge in [0.2, 0.25) is 6.41 Å². The second-order valence-corrected chi connectivity index (χ2v) is 5.01. The van der Waals surface area contributed by atoms with Gasteiger partial charge in [-0.3, -0.25) is 4.79 Å². The van der Waals surface area contributed by atoms with E-state index in [9.17, 15) is 9.18 Å². The summed E-state index contributed by atoms with van der Waals surface area (Å²) in [5.74, 6) is -0.655. The van der Waals surface area contributed by atoms with Crippen LogP contribution in [-0.2, 0) is 19.8 Å². The molecule has 2 atom stereocenters. The molecule has 6 nitrogen and oxygen atoms in total. The Morgan fingerprint density at radius 2 is 2.19 bits per heavy atom. The molecule has 1 fully saturated rings. The first kappa shape index (κ1) is 13.7. The van der Waals surface area contributed by atoms with Gasteiger partial charge in [-0.05, 0) is 18.2 Å². The Morgan fingerprint density at radius 3 is 2.95 bits per heavy atom. The van der Waals surface area contributed by atoms with Crippen LogP contribution in [-0.4, -0.2) is 37.9 Å². The third-order valence-corrected chi connectivity index (χ3v) is 3.77. The number of aliphatic imine (C=N–C) groups is 1. The van der Waals surface area contributed by atoms with Crippen LogP contribution < -0.4 is 11.1 Å².